The average molecular weight is 428 g/mol. The highest BCUT2D eigenvalue weighted by molar-refractivity contribution is 6.30. The molecule has 1 fully saturated rings. The number of amides is 1. The summed E-state index contributed by atoms with van der Waals surface area (Å²) < 4.78 is 14.8. The second-order valence-electron chi connectivity index (χ2n) is 7.64. The molecule has 0 unspecified atom stereocenters. The summed E-state index contributed by atoms with van der Waals surface area (Å²) in [4.78, 5) is 21.0. The van der Waals surface area contributed by atoms with Gasteiger partial charge in [-0.1, -0.05) is 24.6 Å². The van der Waals surface area contributed by atoms with Crippen molar-refractivity contribution < 1.29 is 9.18 Å². The molecule has 2 atom stereocenters. The van der Waals surface area contributed by atoms with Gasteiger partial charge in [0.25, 0.3) is 5.91 Å². The zero-order valence-corrected chi connectivity index (χ0v) is 17.5. The molecule has 0 spiro atoms. The number of aromatic nitrogens is 4. The molecule has 0 saturated carbocycles. The Kier molecular flexibility index (Phi) is 6.08. The van der Waals surface area contributed by atoms with Crippen molar-refractivity contribution in [2.24, 2.45) is 5.92 Å². The first kappa shape index (κ1) is 20.5. The van der Waals surface area contributed by atoms with Gasteiger partial charge in [0, 0.05) is 24.5 Å². The van der Waals surface area contributed by atoms with E-state index in [1.54, 1.807) is 18.3 Å². The van der Waals surface area contributed by atoms with Gasteiger partial charge in [0.1, 0.15) is 17.1 Å². The van der Waals surface area contributed by atoms with Crippen molar-refractivity contribution >= 4 is 17.5 Å². The molecule has 1 aliphatic rings. The highest BCUT2D eigenvalue weighted by atomic mass is 35.5. The maximum Gasteiger partial charge on any atom is 0.259 e. The number of halogens is 2. The number of piperidine rings is 1. The fourth-order valence-electron chi connectivity index (χ4n) is 4.17. The van der Waals surface area contributed by atoms with Crippen LogP contribution >= 0.6 is 11.6 Å². The predicted octanol–water partition coefficient (Wildman–Crippen LogP) is 4.33. The van der Waals surface area contributed by atoms with E-state index in [4.69, 9.17) is 11.6 Å². The lowest BCUT2D eigenvalue weighted by molar-refractivity contribution is 0.0494. The van der Waals surface area contributed by atoms with Gasteiger partial charge in [0.2, 0.25) is 0 Å². The Labute approximate surface area is 179 Å². The third-order valence-corrected chi connectivity index (χ3v) is 5.92. The van der Waals surface area contributed by atoms with Gasteiger partial charge in [-0.05, 0) is 55.9 Å². The maximum atomic E-state index is 14.8. The van der Waals surface area contributed by atoms with Gasteiger partial charge in [-0.2, -0.15) is 15.0 Å². The lowest BCUT2D eigenvalue weighted by Crippen LogP contribution is -2.48. The molecule has 0 N–H and O–H groups in total. The van der Waals surface area contributed by atoms with E-state index in [-0.39, 0.29) is 17.5 Å². The Morgan fingerprint density at radius 2 is 2.03 bits per heavy atom. The van der Waals surface area contributed by atoms with Crippen molar-refractivity contribution in [3.05, 3.63) is 71.0 Å². The van der Waals surface area contributed by atoms with Crippen LogP contribution in [0, 0.1) is 11.7 Å². The molecule has 1 aromatic carbocycles. The minimum atomic E-state index is -0.564. The normalized spacial score (nSPS) is 19.1. The standard InChI is InChI=1S/C22H23ClFN5O/c1-15-4-3-13-28(19(15)10-9-17-8-7-16(23)14-25-17)22(30)21-18(24)5-2-6-20(21)29-26-11-12-27-29/h2,5-8,11-12,14-15,19H,3-4,9-10,13H2,1H3/t15-,19-/m1/s1. The fourth-order valence-corrected chi connectivity index (χ4v) is 4.28. The molecule has 0 aliphatic carbocycles. The minimum Gasteiger partial charge on any atom is -0.335 e. The van der Waals surface area contributed by atoms with E-state index >= 15 is 0 Å². The minimum absolute atomic E-state index is 0.00163. The van der Waals surface area contributed by atoms with E-state index in [1.165, 1.54) is 23.3 Å². The molecule has 1 aliphatic heterocycles. The molecular formula is C22H23ClFN5O. The van der Waals surface area contributed by atoms with Crippen LogP contribution in [0.15, 0.2) is 48.9 Å². The molecular weight excluding hydrogens is 405 g/mol. The first-order valence-electron chi connectivity index (χ1n) is 10.1. The monoisotopic (exact) mass is 427 g/mol. The van der Waals surface area contributed by atoms with Crippen molar-refractivity contribution in [2.45, 2.75) is 38.6 Å². The van der Waals surface area contributed by atoms with Gasteiger partial charge in [-0.3, -0.25) is 9.78 Å². The van der Waals surface area contributed by atoms with E-state index < -0.39 is 5.82 Å². The summed E-state index contributed by atoms with van der Waals surface area (Å²) in [6.45, 7) is 2.75. The summed E-state index contributed by atoms with van der Waals surface area (Å²) in [5, 5.41) is 8.76. The zero-order chi connectivity index (χ0) is 21.1. The van der Waals surface area contributed by atoms with Crippen LogP contribution in [-0.2, 0) is 6.42 Å². The highest BCUT2D eigenvalue weighted by Gasteiger charge is 2.34. The largest absolute Gasteiger partial charge is 0.335 e. The number of aryl methyl sites for hydroxylation is 1. The molecule has 156 valence electrons. The van der Waals surface area contributed by atoms with Crippen LogP contribution in [0.1, 0.15) is 42.2 Å². The van der Waals surface area contributed by atoms with E-state index in [9.17, 15) is 9.18 Å². The van der Waals surface area contributed by atoms with Crippen molar-refractivity contribution in [2.75, 3.05) is 6.54 Å². The summed E-state index contributed by atoms with van der Waals surface area (Å²) in [6.07, 6.45) is 8.05. The molecule has 3 heterocycles. The number of benzene rings is 1. The predicted molar refractivity (Wildman–Crippen MR) is 112 cm³/mol. The third kappa shape index (κ3) is 4.21. The molecule has 30 heavy (non-hydrogen) atoms. The first-order valence-corrected chi connectivity index (χ1v) is 10.5. The van der Waals surface area contributed by atoms with Crippen molar-refractivity contribution in [3.63, 3.8) is 0 Å². The smallest absolute Gasteiger partial charge is 0.259 e. The topological polar surface area (TPSA) is 63.9 Å². The SMILES string of the molecule is C[C@@H]1CCCN(C(=O)c2c(F)cccc2-n2nccn2)[C@@H]1CCc1ccc(Cl)cn1. The summed E-state index contributed by atoms with van der Waals surface area (Å²) >= 11 is 5.93. The van der Waals surface area contributed by atoms with Gasteiger partial charge in [-0.25, -0.2) is 4.39 Å². The zero-order valence-electron chi connectivity index (χ0n) is 16.7. The van der Waals surface area contributed by atoms with Gasteiger partial charge in [-0.15, -0.1) is 0 Å². The second-order valence-corrected chi connectivity index (χ2v) is 8.08. The summed E-state index contributed by atoms with van der Waals surface area (Å²) in [6, 6.07) is 8.26. The van der Waals surface area contributed by atoms with E-state index in [1.807, 2.05) is 17.0 Å². The molecule has 1 saturated heterocycles. The number of pyridine rings is 1. The molecule has 1 amide bonds. The lowest BCUT2D eigenvalue weighted by atomic mass is 9.86. The van der Waals surface area contributed by atoms with Crippen molar-refractivity contribution in [3.8, 4) is 5.69 Å². The van der Waals surface area contributed by atoms with Crippen molar-refractivity contribution in [1.29, 1.82) is 0 Å². The Balaban J connectivity index is 1.61. The van der Waals surface area contributed by atoms with E-state index in [0.29, 0.717) is 23.2 Å². The van der Waals surface area contributed by atoms with Crippen LogP contribution in [0.4, 0.5) is 4.39 Å². The number of likely N-dealkylation sites (tertiary alicyclic amines) is 1. The lowest BCUT2D eigenvalue weighted by Gasteiger charge is -2.40. The van der Waals surface area contributed by atoms with Crippen molar-refractivity contribution in [1.82, 2.24) is 24.9 Å². The van der Waals surface area contributed by atoms with Crippen LogP contribution < -0.4 is 0 Å². The van der Waals surface area contributed by atoms with Crippen LogP contribution in [0.5, 0.6) is 0 Å². The van der Waals surface area contributed by atoms with Gasteiger partial charge in [0.05, 0.1) is 17.4 Å². The number of carbonyl (C=O) groups is 1. The number of nitrogens with zero attached hydrogens (tertiary/aromatic N) is 5. The summed E-state index contributed by atoms with van der Waals surface area (Å²) in [5.41, 5.74) is 1.29. The first-order chi connectivity index (χ1) is 14.5. The van der Waals surface area contributed by atoms with Crippen LogP contribution in [0.3, 0.4) is 0 Å². The van der Waals surface area contributed by atoms with Crippen LogP contribution in [0.2, 0.25) is 5.02 Å². The van der Waals surface area contributed by atoms with E-state index in [0.717, 1.165) is 31.4 Å². The van der Waals surface area contributed by atoms with E-state index in [2.05, 4.69) is 22.1 Å². The number of carbonyl (C=O) groups excluding carboxylic acids is 1. The highest BCUT2D eigenvalue weighted by Crippen LogP contribution is 2.30. The Morgan fingerprint density at radius 3 is 2.77 bits per heavy atom. The Bertz CT molecular complexity index is 1010. The van der Waals surface area contributed by atoms with Gasteiger partial charge < -0.3 is 4.90 Å². The molecule has 2 aromatic heterocycles. The Morgan fingerprint density at radius 1 is 1.23 bits per heavy atom. The molecule has 6 nitrogen and oxygen atoms in total. The number of hydrogen-bond donors (Lipinski definition) is 0. The maximum absolute atomic E-state index is 14.8. The molecule has 4 rings (SSSR count). The summed E-state index contributed by atoms with van der Waals surface area (Å²) in [5.74, 6) is -0.569. The molecule has 0 radical (unpaired) electrons. The molecule has 3 aromatic rings. The average Bonchev–Trinajstić information content (AvgIpc) is 3.28. The molecule has 8 heteroatoms. The van der Waals surface area contributed by atoms with Gasteiger partial charge in [0.15, 0.2) is 0 Å². The summed E-state index contributed by atoms with van der Waals surface area (Å²) in [7, 11) is 0. The fraction of sp³-hybridized carbons (Fsp3) is 0.364. The number of hydrogen-bond acceptors (Lipinski definition) is 4. The van der Waals surface area contributed by atoms with Crippen LogP contribution in [0.25, 0.3) is 5.69 Å². The number of rotatable bonds is 5. The van der Waals surface area contributed by atoms with Gasteiger partial charge >= 0.3 is 0 Å². The quantitative estimate of drug-likeness (QED) is 0.608. The Hall–Kier alpha value is -2.80. The van der Waals surface area contributed by atoms with Crippen LogP contribution in [-0.4, -0.2) is 43.4 Å². The second kappa shape index (κ2) is 8.92. The third-order valence-electron chi connectivity index (χ3n) is 5.70. The molecule has 0 bridgehead atoms.